The summed E-state index contributed by atoms with van der Waals surface area (Å²) in [4.78, 5) is 19.1. The molecule has 0 aliphatic heterocycles. The molecule has 0 aromatic carbocycles. The Morgan fingerprint density at radius 1 is 1.67 bits per heavy atom. The molecule has 12 heavy (non-hydrogen) atoms. The molecule has 0 saturated heterocycles. The minimum Gasteiger partial charge on any atom is -0.477 e. The number of aliphatic carboxylic acids is 1. The fraction of sp³-hybridized carbons (Fsp3) is 0.333. The molecule has 0 aliphatic carbocycles. The molecule has 0 amide bonds. The van der Waals surface area contributed by atoms with Crippen LogP contribution in [0.15, 0.2) is 12.3 Å². The van der Waals surface area contributed by atoms with Crippen LogP contribution in [0.5, 0.6) is 0 Å². The molecule has 70 valence electrons. The Kier molecular flexibility index (Phi) is 8.77. The van der Waals surface area contributed by atoms with Gasteiger partial charge in [-0.3, -0.25) is 0 Å². The molecule has 0 bridgehead atoms. The number of ether oxygens (including phenoxy) is 1. The lowest BCUT2D eigenvalue weighted by Crippen LogP contribution is -2.06. The van der Waals surface area contributed by atoms with Gasteiger partial charge < -0.3 is 15.6 Å². The van der Waals surface area contributed by atoms with Crippen molar-refractivity contribution >= 4 is 23.0 Å². The lowest BCUT2D eigenvalue weighted by Gasteiger charge is -1.86. The van der Waals surface area contributed by atoms with Gasteiger partial charge in [-0.15, -0.1) is 0 Å². The number of carboxylic acids is 1. The van der Waals surface area contributed by atoms with Crippen LogP contribution in [-0.2, 0) is 9.53 Å². The van der Waals surface area contributed by atoms with Crippen molar-refractivity contribution in [1.82, 2.24) is 0 Å². The lowest BCUT2D eigenvalue weighted by molar-refractivity contribution is -0.132. The molecule has 0 unspecified atom stereocenters. The van der Waals surface area contributed by atoms with E-state index in [1.54, 1.807) is 6.92 Å². The molecule has 0 atom stereocenters. The van der Waals surface area contributed by atoms with E-state index < -0.39 is 11.4 Å². The fourth-order valence-corrected chi connectivity index (χ4v) is 0.223. The van der Waals surface area contributed by atoms with E-state index in [2.05, 4.69) is 17.0 Å². The molecular formula is C6H10ClNO4. The first kappa shape index (κ1) is 13.4. The number of carbonyl (C=O) groups excluding carboxylic acids is 1. The predicted molar refractivity (Wildman–Crippen MR) is 43.8 cm³/mol. The van der Waals surface area contributed by atoms with Gasteiger partial charge in [-0.2, -0.15) is 0 Å². The van der Waals surface area contributed by atoms with E-state index in [4.69, 9.17) is 16.7 Å². The van der Waals surface area contributed by atoms with Gasteiger partial charge in [-0.1, -0.05) is 6.58 Å². The number of rotatable bonds is 2. The van der Waals surface area contributed by atoms with Crippen LogP contribution in [0.2, 0.25) is 0 Å². The average Bonchev–Trinajstić information content (AvgIpc) is 1.87. The smallest absolute Gasteiger partial charge is 0.403 e. The first-order valence-electron chi connectivity index (χ1n) is 2.91. The van der Waals surface area contributed by atoms with Crippen LogP contribution in [0.1, 0.15) is 6.92 Å². The standard InChI is InChI=1S/C3H5ClO2.C3H5NO2/c1-2-6-3(4)5;1-2(4)3(5)6/h2H2,1H3;1,4H2,(H,5,6). The summed E-state index contributed by atoms with van der Waals surface area (Å²) in [5.41, 5.74) is 3.58. The van der Waals surface area contributed by atoms with E-state index in [0.29, 0.717) is 6.61 Å². The van der Waals surface area contributed by atoms with E-state index in [1.165, 1.54) is 0 Å². The second-order valence-electron chi connectivity index (χ2n) is 1.50. The van der Waals surface area contributed by atoms with Gasteiger partial charge in [0.05, 0.1) is 6.61 Å². The molecule has 0 aliphatic rings. The summed E-state index contributed by atoms with van der Waals surface area (Å²) < 4.78 is 4.17. The quantitative estimate of drug-likeness (QED) is 0.505. The first-order valence-corrected chi connectivity index (χ1v) is 3.29. The van der Waals surface area contributed by atoms with E-state index in [-0.39, 0.29) is 5.70 Å². The summed E-state index contributed by atoms with van der Waals surface area (Å²) in [6.07, 6.45) is 0. The van der Waals surface area contributed by atoms with E-state index in [1.807, 2.05) is 0 Å². The Morgan fingerprint density at radius 3 is 2.00 bits per heavy atom. The Bertz CT molecular complexity index is 168. The maximum atomic E-state index is 9.59. The number of nitrogens with two attached hydrogens (primary N) is 1. The average molecular weight is 196 g/mol. The van der Waals surface area contributed by atoms with E-state index >= 15 is 0 Å². The van der Waals surface area contributed by atoms with Crippen molar-refractivity contribution in [2.24, 2.45) is 5.73 Å². The summed E-state index contributed by atoms with van der Waals surface area (Å²) in [6, 6.07) is 0. The Labute approximate surface area is 74.8 Å². The zero-order valence-electron chi connectivity index (χ0n) is 6.54. The second kappa shape index (κ2) is 7.87. The highest BCUT2D eigenvalue weighted by atomic mass is 35.5. The molecule has 0 aromatic heterocycles. The van der Waals surface area contributed by atoms with Gasteiger partial charge in [0.15, 0.2) is 0 Å². The minimum absolute atomic E-state index is 0.324. The third kappa shape index (κ3) is 15.9. The van der Waals surface area contributed by atoms with Gasteiger partial charge in [0.25, 0.3) is 0 Å². The number of hydrogen-bond donors (Lipinski definition) is 2. The van der Waals surface area contributed by atoms with Crippen molar-refractivity contribution in [2.45, 2.75) is 6.92 Å². The minimum atomic E-state index is -1.16. The van der Waals surface area contributed by atoms with Gasteiger partial charge in [-0.25, -0.2) is 9.59 Å². The van der Waals surface area contributed by atoms with Crippen LogP contribution in [-0.4, -0.2) is 23.1 Å². The summed E-state index contributed by atoms with van der Waals surface area (Å²) in [7, 11) is 0. The normalized spacial score (nSPS) is 7.50. The summed E-state index contributed by atoms with van der Waals surface area (Å²) >= 11 is 4.72. The monoisotopic (exact) mass is 195 g/mol. The maximum Gasteiger partial charge on any atom is 0.403 e. The van der Waals surface area contributed by atoms with Crippen LogP contribution in [0.3, 0.4) is 0 Å². The summed E-state index contributed by atoms with van der Waals surface area (Å²) in [5.74, 6) is -1.16. The van der Waals surface area contributed by atoms with Crippen LogP contribution < -0.4 is 5.73 Å². The van der Waals surface area contributed by atoms with Crippen molar-refractivity contribution < 1.29 is 19.4 Å². The van der Waals surface area contributed by atoms with E-state index in [9.17, 15) is 9.59 Å². The first-order chi connectivity index (χ1) is 5.41. The molecule has 6 heteroatoms. The molecule has 0 fully saturated rings. The van der Waals surface area contributed by atoms with E-state index in [0.717, 1.165) is 0 Å². The zero-order chi connectivity index (χ0) is 10.1. The SMILES string of the molecule is C=C(N)C(=O)O.CCOC(=O)Cl. The zero-order valence-corrected chi connectivity index (χ0v) is 7.30. The lowest BCUT2D eigenvalue weighted by atomic mass is 10.5. The van der Waals surface area contributed by atoms with Gasteiger partial charge >= 0.3 is 11.4 Å². The number of halogens is 1. The van der Waals surface area contributed by atoms with Crippen LogP contribution >= 0.6 is 11.6 Å². The highest BCUT2D eigenvalue weighted by Gasteiger charge is 1.91. The van der Waals surface area contributed by atoms with Crippen molar-refractivity contribution in [3.8, 4) is 0 Å². The Morgan fingerprint density at radius 2 is 2.00 bits per heavy atom. The molecule has 0 spiro atoms. The topological polar surface area (TPSA) is 89.6 Å². The molecule has 3 N–H and O–H groups in total. The second-order valence-corrected chi connectivity index (χ2v) is 1.81. The van der Waals surface area contributed by atoms with Crippen molar-refractivity contribution in [3.63, 3.8) is 0 Å². The number of hydrogen-bond acceptors (Lipinski definition) is 4. The highest BCUT2D eigenvalue weighted by molar-refractivity contribution is 6.61. The van der Waals surface area contributed by atoms with Gasteiger partial charge in [0.1, 0.15) is 5.70 Å². The van der Waals surface area contributed by atoms with Gasteiger partial charge in [0.2, 0.25) is 0 Å². The molecule has 0 rings (SSSR count). The Balaban J connectivity index is 0. The summed E-state index contributed by atoms with van der Waals surface area (Å²) in [6.45, 7) is 4.98. The number of carboxylic acid groups (broad SMARTS) is 1. The van der Waals surface area contributed by atoms with Gasteiger partial charge in [-0.05, 0) is 6.92 Å². The number of carbonyl (C=O) groups is 2. The third-order valence-electron chi connectivity index (χ3n) is 0.533. The van der Waals surface area contributed by atoms with Crippen molar-refractivity contribution in [3.05, 3.63) is 12.3 Å². The molecule has 0 aromatic rings. The molecule has 0 saturated carbocycles. The van der Waals surface area contributed by atoms with Crippen LogP contribution in [0, 0.1) is 0 Å². The Hall–Kier alpha value is -1.23. The highest BCUT2D eigenvalue weighted by Crippen LogP contribution is 1.82. The largest absolute Gasteiger partial charge is 0.477 e. The fourth-order valence-electron chi connectivity index (χ4n) is 0.113. The molecule has 0 heterocycles. The third-order valence-corrected chi connectivity index (χ3v) is 0.642. The van der Waals surface area contributed by atoms with Crippen LogP contribution in [0.4, 0.5) is 4.79 Å². The maximum absolute atomic E-state index is 9.59. The van der Waals surface area contributed by atoms with Crippen molar-refractivity contribution in [1.29, 1.82) is 0 Å². The van der Waals surface area contributed by atoms with Crippen LogP contribution in [0.25, 0.3) is 0 Å². The predicted octanol–water partition coefficient (Wildman–Crippen LogP) is 0.925. The van der Waals surface area contributed by atoms with Gasteiger partial charge in [0, 0.05) is 11.6 Å². The molecular weight excluding hydrogens is 186 g/mol. The molecule has 0 radical (unpaired) electrons. The summed E-state index contributed by atoms with van der Waals surface area (Å²) in [5, 5.41) is 7.77. The van der Waals surface area contributed by atoms with Crippen molar-refractivity contribution in [2.75, 3.05) is 6.61 Å². The molecule has 5 nitrogen and oxygen atoms in total.